The molecule has 1 unspecified atom stereocenters. The van der Waals surface area contributed by atoms with Gasteiger partial charge >= 0.3 is 0 Å². The van der Waals surface area contributed by atoms with E-state index in [-0.39, 0.29) is 6.04 Å². The molecule has 0 spiro atoms. The first kappa shape index (κ1) is 13.2. The SMILES string of the molecule is Cc1c(CC(C)N)c2cc(C(C)C)ccc2n1C. The molecule has 2 nitrogen and oxygen atoms in total. The summed E-state index contributed by atoms with van der Waals surface area (Å²) in [5, 5.41) is 1.37. The van der Waals surface area contributed by atoms with Gasteiger partial charge in [0.2, 0.25) is 0 Å². The number of aromatic nitrogens is 1. The first-order valence-corrected chi connectivity index (χ1v) is 6.75. The van der Waals surface area contributed by atoms with Crippen LogP contribution in [0.4, 0.5) is 0 Å². The minimum atomic E-state index is 0.206. The van der Waals surface area contributed by atoms with E-state index in [1.54, 1.807) is 0 Å². The van der Waals surface area contributed by atoms with E-state index >= 15 is 0 Å². The molecular formula is C16H24N2. The number of benzene rings is 1. The molecule has 0 aliphatic heterocycles. The fourth-order valence-electron chi connectivity index (χ4n) is 2.60. The zero-order valence-electron chi connectivity index (χ0n) is 12.1. The maximum Gasteiger partial charge on any atom is 0.0482 e. The van der Waals surface area contributed by atoms with Crippen LogP contribution in [0.15, 0.2) is 18.2 Å². The second-order valence-electron chi connectivity index (χ2n) is 5.74. The van der Waals surface area contributed by atoms with E-state index in [4.69, 9.17) is 5.73 Å². The molecule has 2 N–H and O–H groups in total. The van der Waals surface area contributed by atoms with Crippen molar-refractivity contribution in [3.8, 4) is 0 Å². The van der Waals surface area contributed by atoms with E-state index in [0.29, 0.717) is 5.92 Å². The van der Waals surface area contributed by atoms with Crippen LogP contribution in [-0.4, -0.2) is 10.6 Å². The van der Waals surface area contributed by atoms with Crippen molar-refractivity contribution in [3.63, 3.8) is 0 Å². The Morgan fingerprint density at radius 3 is 2.44 bits per heavy atom. The molecule has 1 aromatic carbocycles. The van der Waals surface area contributed by atoms with Crippen molar-refractivity contribution < 1.29 is 0 Å². The summed E-state index contributed by atoms with van der Waals surface area (Å²) >= 11 is 0. The highest BCUT2D eigenvalue weighted by molar-refractivity contribution is 5.86. The summed E-state index contributed by atoms with van der Waals surface area (Å²) in [7, 11) is 2.14. The number of aryl methyl sites for hydroxylation is 1. The van der Waals surface area contributed by atoms with Crippen LogP contribution in [0.3, 0.4) is 0 Å². The van der Waals surface area contributed by atoms with E-state index in [0.717, 1.165) is 6.42 Å². The summed E-state index contributed by atoms with van der Waals surface area (Å²) < 4.78 is 2.27. The van der Waals surface area contributed by atoms with E-state index in [1.807, 2.05) is 0 Å². The van der Waals surface area contributed by atoms with Gasteiger partial charge < -0.3 is 10.3 Å². The summed E-state index contributed by atoms with van der Waals surface area (Å²) in [5.74, 6) is 0.568. The Kier molecular flexibility index (Phi) is 3.49. The zero-order chi connectivity index (χ0) is 13.4. The van der Waals surface area contributed by atoms with Gasteiger partial charge in [-0.1, -0.05) is 19.9 Å². The molecule has 0 amide bonds. The third-order valence-electron chi connectivity index (χ3n) is 3.84. The second kappa shape index (κ2) is 4.77. The molecule has 2 heteroatoms. The number of rotatable bonds is 3. The molecule has 18 heavy (non-hydrogen) atoms. The molecule has 0 radical (unpaired) electrons. The van der Waals surface area contributed by atoms with Gasteiger partial charge in [-0.3, -0.25) is 0 Å². The van der Waals surface area contributed by atoms with Crippen molar-refractivity contribution in [3.05, 3.63) is 35.0 Å². The largest absolute Gasteiger partial charge is 0.348 e. The van der Waals surface area contributed by atoms with Crippen molar-refractivity contribution in [1.29, 1.82) is 0 Å². The van der Waals surface area contributed by atoms with Gasteiger partial charge in [-0.15, -0.1) is 0 Å². The molecule has 1 atom stereocenters. The van der Waals surface area contributed by atoms with Crippen molar-refractivity contribution >= 4 is 10.9 Å². The van der Waals surface area contributed by atoms with Gasteiger partial charge in [-0.05, 0) is 49.4 Å². The van der Waals surface area contributed by atoms with Crippen molar-refractivity contribution in [1.82, 2.24) is 4.57 Å². The highest BCUT2D eigenvalue weighted by Gasteiger charge is 2.14. The lowest BCUT2D eigenvalue weighted by molar-refractivity contribution is 0.732. The zero-order valence-corrected chi connectivity index (χ0v) is 12.1. The summed E-state index contributed by atoms with van der Waals surface area (Å²) in [6, 6.07) is 7.02. The van der Waals surface area contributed by atoms with Crippen LogP contribution in [-0.2, 0) is 13.5 Å². The number of fused-ring (bicyclic) bond motifs is 1. The van der Waals surface area contributed by atoms with Crippen LogP contribution in [0, 0.1) is 6.92 Å². The maximum absolute atomic E-state index is 5.98. The fourth-order valence-corrected chi connectivity index (χ4v) is 2.60. The summed E-state index contributed by atoms with van der Waals surface area (Å²) in [6.45, 7) is 8.74. The summed E-state index contributed by atoms with van der Waals surface area (Å²) in [5.41, 5.74) is 11.4. The molecule has 0 saturated heterocycles. The van der Waals surface area contributed by atoms with Crippen LogP contribution in [0.5, 0.6) is 0 Å². The standard InChI is InChI=1S/C16H24N2/c1-10(2)13-6-7-16-15(9-13)14(8-11(3)17)12(4)18(16)5/h6-7,9-11H,8,17H2,1-5H3. The van der Waals surface area contributed by atoms with Gasteiger partial charge in [0, 0.05) is 29.7 Å². The maximum atomic E-state index is 5.98. The van der Waals surface area contributed by atoms with Crippen molar-refractivity contribution in [2.75, 3.05) is 0 Å². The van der Waals surface area contributed by atoms with Crippen LogP contribution < -0.4 is 5.73 Å². The Hall–Kier alpha value is -1.28. The molecule has 1 aromatic heterocycles. The average molecular weight is 244 g/mol. The lowest BCUT2D eigenvalue weighted by atomic mass is 9.98. The minimum Gasteiger partial charge on any atom is -0.348 e. The number of nitrogens with zero attached hydrogens (tertiary/aromatic N) is 1. The third-order valence-corrected chi connectivity index (χ3v) is 3.84. The minimum absolute atomic E-state index is 0.206. The van der Waals surface area contributed by atoms with Gasteiger partial charge in [0.1, 0.15) is 0 Å². The molecule has 0 aliphatic rings. The van der Waals surface area contributed by atoms with Gasteiger partial charge in [0.15, 0.2) is 0 Å². The van der Waals surface area contributed by atoms with Crippen LogP contribution in [0.2, 0.25) is 0 Å². The highest BCUT2D eigenvalue weighted by Crippen LogP contribution is 2.29. The van der Waals surface area contributed by atoms with E-state index in [1.165, 1.54) is 27.7 Å². The van der Waals surface area contributed by atoms with E-state index < -0.39 is 0 Å². The third kappa shape index (κ3) is 2.17. The second-order valence-corrected chi connectivity index (χ2v) is 5.74. The monoisotopic (exact) mass is 244 g/mol. The molecule has 2 rings (SSSR count). The fraction of sp³-hybridized carbons (Fsp3) is 0.500. The normalized spacial score (nSPS) is 13.5. The van der Waals surface area contributed by atoms with Crippen molar-refractivity contribution in [2.45, 2.75) is 46.1 Å². The first-order chi connectivity index (χ1) is 8.41. The number of hydrogen-bond donors (Lipinski definition) is 1. The van der Waals surface area contributed by atoms with Gasteiger partial charge in [-0.25, -0.2) is 0 Å². The van der Waals surface area contributed by atoms with Crippen LogP contribution in [0.1, 0.15) is 43.5 Å². The highest BCUT2D eigenvalue weighted by atomic mass is 14.9. The Morgan fingerprint density at radius 2 is 1.89 bits per heavy atom. The molecule has 98 valence electrons. The first-order valence-electron chi connectivity index (χ1n) is 6.75. The predicted molar refractivity (Wildman–Crippen MR) is 79.1 cm³/mol. The Morgan fingerprint density at radius 1 is 1.22 bits per heavy atom. The molecule has 0 fully saturated rings. The van der Waals surface area contributed by atoms with Crippen molar-refractivity contribution in [2.24, 2.45) is 12.8 Å². The molecule has 2 aromatic rings. The lowest BCUT2D eigenvalue weighted by Gasteiger charge is -2.08. The van der Waals surface area contributed by atoms with E-state index in [9.17, 15) is 0 Å². The molecule has 0 aliphatic carbocycles. The number of nitrogens with two attached hydrogens (primary N) is 1. The van der Waals surface area contributed by atoms with Crippen LogP contribution >= 0.6 is 0 Å². The summed E-state index contributed by atoms with van der Waals surface area (Å²) in [6.07, 6.45) is 0.949. The Labute approximate surface area is 110 Å². The lowest BCUT2D eigenvalue weighted by Crippen LogP contribution is -2.18. The molecule has 1 heterocycles. The smallest absolute Gasteiger partial charge is 0.0482 e. The Balaban J connectivity index is 2.66. The quantitative estimate of drug-likeness (QED) is 0.880. The topological polar surface area (TPSA) is 30.9 Å². The van der Waals surface area contributed by atoms with Gasteiger partial charge in [0.05, 0.1) is 0 Å². The number of hydrogen-bond acceptors (Lipinski definition) is 1. The summed E-state index contributed by atoms with van der Waals surface area (Å²) in [4.78, 5) is 0. The average Bonchev–Trinajstić information content (AvgIpc) is 2.53. The van der Waals surface area contributed by atoms with E-state index in [2.05, 4.69) is 57.5 Å². The molecular weight excluding hydrogens is 220 g/mol. The van der Waals surface area contributed by atoms with Gasteiger partial charge in [-0.2, -0.15) is 0 Å². The molecule has 0 bridgehead atoms. The van der Waals surface area contributed by atoms with Crippen LogP contribution in [0.25, 0.3) is 10.9 Å². The van der Waals surface area contributed by atoms with Gasteiger partial charge in [0.25, 0.3) is 0 Å². The predicted octanol–water partition coefficient (Wildman–Crippen LogP) is 3.50. The molecule has 0 saturated carbocycles. The Bertz CT molecular complexity index is 562.